The van der Waals surface area contributed by atoms with Crippen LogP contribution in [0.4, 0.5) is 20.6 Å². The van der Waals surface area contributed by atoms with E-state index in [4.69, 9.17) is 10.5 Å². The number of nitrogens with one attached hydrogen (secondary N) is 2. The molecule has 13 heteroatoms. The molecule has 0 spiro atoms. The Morgan fingerprint density at radius 1 is 1.04 bits per heavy atom. The minimum Gasteiger partial charge on any atom is -0.494 e. The van der Waals surface area contributed by atoms with Crippen molar-refractivity contribution in [3.63, 3.8) is 0 Å². The lowest BCUT2D eigenvalue weighted by molar-refractivity contribution is -0.133. The van der Waals surface area contributed by atoms with Crippen LogP contribution in [-0.4, -0.2) is 69.1 Å². The smallest absolute Gasteiger partial charge is 0.321 e. The highest BCUT2D eigenvalue weighted by Gasteiger charge is 2.38. The van der Waals surface area contributed by atoms with Gasteiger partial charge in [-0.05, 0) is 86.3 Å². The molecule has 1 aliphatic rings. The van der Waals surface area contributed by atoms with Crippen molar-refractivity contribution >= 4 is 39.1 Å². The molecule has 4 amide bonds. The largest absolute Gasteiger partial charge is 0.494 e. The van der Waals surface area contributed by atoms with Crippen molar-refractivity contribution in [1.82, 2.24) is 9.80 Å². The molecule has 2 atom stereocenters. The first-order chi connectivity index (χ1) is 21.2. The number of urea groups is 1. The van der Waals surface area contributed by atoms with Crippen LogP contribution in [0.5, 0.6) is 5.75 Å². The molecule has 4 rings (SSSR count). The first-order valence-electron chi connectivity index (χ1n) is 14.4. The number of amides is 4. The van der Waals surface area contributed by atoms with Gasteiger partial charge in [0.15, 0.2) is 21.4 Å². The van der Waals surface area contributed by atoms with Gasteiger partial charge in [0.1, 0.15) is 6.04 Å². The molecule has 2 unspecified atom stereocenters. The molecule has 1 heterocycles. The van der Waals surface area contributed by atoms with Crippen molar-refractivity contribution in [1.29, 1.82) is 0 Å². The number of benzene rings is 3. The van der Waals surface area contributed by atoms with Crippen LogP contribution < -0.4 is 21.1 Å². The van der Waals surface area contributed by atoms with Crippen LogP contribution >= 0.6 is 0 Å². The zero-order valence-electron chi connectivity index (χ0n) is 25.8. The molecule has 240 valence electrons. The highest BCUT2D eigenvalue weighted by Crippen LogP contribution is 2.40. The summed E-state index contributed by atoms with van der Waals surface area (Å²) in [6.45, 7) is 3.48. The molecular weight excluding hydrogens is 601 g/mol. The Balaban J connectivity index is 1.82. The van der Waals surface area contributed by atoms with Crippen molar-refractivity contribution in [2.45, 2.75) is 48.9 Å². The first kappa shape index (κ1) is 33.2. The Morgan fingerprint density at radius 2 is 1.78 bits per heavy atom. The van der Waals surface area contributed by atoms with E-state index < -0.39 is 50.8 Å². The maximum atomic E-state index is 14.5. The summed E-state index contributed by atoms with van der Waals surface area (Å²) in [5.74, 6) is -1.73. The van der Waals surface area contributed by atoms with E-state index >= 15 is 0 Å². The van der Waals surface area contributed by atoms with Crippen LogP contribution in [0.3, 0.4) is 0 Å². The average Bonchev–Trinajstić information content (AvgIpc) is 3.50. The lowest BCUT2D eigenvalue weighted by Crippen LogP contribution is -2.38. The zero-order chi connectivity index (χ0) is 33.1. The molecule has 1 fully saturated rings. The Hall–Kier alpha value is -4.65. The summed E-state index contributed by atoms with van der Waals surface area (Å²) in [5.41, 5.74) is 7.27. The number of nitrogens with two attached hydrogens (primary N) is 1. The van der Waals surface area contributed by atoms with E-state index in [1.807, 2.05) is 0 Å². The zero-order valence-corrected chi connectivity index (χ0v) is 26.7. The van der Waals surface area contributed by atoms with Crippen molar-refractivity contribution in [2.75, 3.05) is 38.4 Å². The van der Waals surface area contributed by atoms with Crippen LogP contribution in [0.25, 0.3) is 0 Å². The number of halogens is 1. The quantitative estimate of drug-likeness (QED) is 0.290. The fourth-order valence-corrected chi connectivity index (χ4v) is 6.52. The van der Waals surface area contributed by atoms with E-state index in [-0.39, 0.29) is 16.2 Å². The molecule has 0 aromatic heterocycles. The number of nitrogens with zero attached hydrogens (tertiary/aromatic N) is 2. The molecule has 4 N–H and O–H groups in total. The van der Waals surface area contributed by atoms with E-state index in [0.717, 1.165) is 0 Å². The van der Waals surface area contributed by atoms with Gasteiger partial charge in [0.2, 0.25) is 11.8 Å². The molecular formula is C32H38FN5O6S. The third-order valence-electron chi connectivity index (χ3n) is 7.70. The minimum absolute atomic E-state index is 0.0643. The summed E-state index contributed by atoms with van der Waals surface area (Å²) < 4.78 is 46.6. The van der Waals surface area contributed by atoms with E-state index in [0.29, 0.717) is 41.9 Å². The van der Waals surface area contributed by atoms with Gasteiger partial charge in [-0.1, -0.05) is 12.1 Å². The van der Waals surface area contributed by atoms with Crippen LogP contribution in [0.2, 0.25) is 0 Å². The number of anilines is 2. The fraction of sp³-hybridized carbons (Fsp3) is 0.344. The lowest BCUT2D eigenvalue weighted by Gasteiger charge is -2.32. The molecule has 0 aliphatic carbocycles. The lowest BCUT2D eigenvalue weighted by atomic mass is 10.0. The number of likely N-dealkylation sites (tertiary alicyclic amines) is 1. The number of hydrogen-bond acceptors (Lipinski definition) is 7. The number of hydrogen-bond donors (Lipinski definition) is 3. The standard InChI is InChI=1S/C32H38FN5O6S/c1-19(2)45(42,43)28-14-12-23(36-32(41)37(3)4)18-24(28)26-10-7-15-38(26)31(40)29(20-11-13-25(33)27(17-20)44-5)35-22-9-6-8-21(16-22)30(34)39/h6,8-9,11-14,16-19,26,29,35H,7,10,15H2,1-5H3,(H2,34,39)(H,36,41). The molecule has 1 saturated heterocycles. The third kappa shape index (κ3) is 7.19. The van der Waals surface area contributed by atoms with Gasteiger partial charge in [-0.15, -0.1) is 0 Å². The van der Waals surface area contributed by atoms with Gasteiger partial charge in [-0.2, -0.15) is 0 Å². The van der Waals surface area contributed by atoms with Gasteiger partial charge in [0.05, 0.1) is 23.3 Å². The summed E-state index contributed by atoms with van der Waals surface area (Å²) in [6.07, 6.45) is 1.05. The minimum atomic E-state index is -3.78. The van der Waals surface area contributed by atoms with Gasteiger partial charge in [0, 0.05) is 37.6 Å². The van der Waals surface area contributed by atoms with E-state index in [2.05, 4.69) is 10.6 Å². The van der Waals surface area contributed by atoms with Crippen LogP contribution in [0, 0.1) is 5.82 Å². The molecule has 1 aliphatic heterocycles. The number of sulfone groups is 1. The number of methoxy groups -OCH3 is 1. The van der Waals surface area contributed by atoms with E-state index in [1.54, 1.807) is 57.1 Å². The normalized spacial score (nSPS) is 15.4. The predicted molar refractivity (Wildman–Crippen MR) is 169 cm³/mol. The number of primary amides is 1. The van der Waals surface area contributed by atoms with Crippen LogP contribution in [-0.2, 0) is 14.6 Å². The number of rotatable bonds is 10. The number of ether oxygens (including phenoxy) is 1. The summed E-state index contributed by atoms with van der Waals surface area (Å²) >= 11 is 0. The molecule has 11 nitrogen and oxygen atoms in total. The maximum absolute atomic E-state index is 14.5. The van der Waals surface area contributed by atoms with E-state index in [9.17, 15) is 27.2 Å². The van der Waals surface area contributed by atoms with Gasteiger partial charge in [0.25, 0.3) is 0 Å². The summed E-state index contributed by atoms with van der Waals surface area (Å²) in [7, 11) is 0.706. The topological polar surface area (TPSA) is 151 Å². The molecule has 0 saturated carbocycles. The van der Waals surface area contributed by atoms with Gasteiger partial charge < -0.3 is 30.9 Å². The molecule has 3 aromatic rings. The Labute approximate surface area is 262 Å². The third-order valence-corrected chi connectivity index (χ3v) is 9.93. The fourth-order valence-electron chi connectivity index (χ4n) is 5.23. The van der Waals surface area contributed by atoms with Gasteiger partial charge in [-0.25, -0.2) is 17.6 Å². The summed E-state index contributed by atoms with van der Waals surface area (Å²) in [6, 6.07) is 12.9. The monoisotopic (exact) mass is 639 g/mol. The highest BCUT2D eigenvalue weighted by molar-refractivity contribution is 7.92. The molecule has 0 bridgehead atoms. The highest BCUT2D eigenvalue weighted by atomic mass is 32.2. The summed E-state index contributed by atoms with van der Waals surface area (Å²) in [4.78, 5) is 41.8. The summed E-state index contributed by atoms with van der Waals surface area (Å²) in [5, 5.41) is 5.19. The molecule has 45 heavy (non-hydrogen) atoms. The Kier molecular flexibility index (Phi) is 10.0. The van der Waals surface area contributed by atoms with Crippen molar-refractivity contribution in [3.05, 3.63) is 83.2 Å². The van der Waals surface area contributed by atoms with Crippen molar-refractivity contribution < 1.29 is 31.9 Å². The second kappa shape index (κ2) is 13.6. The second-order valence-corrected chi connectivity index (χ2v) is 13.7. The SMILES string of the molecule is COc1cc(C(Nc2cccc(C(N)=O)c2)C(=O)N2CCCC2c2cc(NC(=O)N(C)C)ccc2S(=O)(=O)C(C)C)ccc1F. The molecule has 3 aromatic carbocycles. The Bertz CT molecular complexity index is 1710. The van der Waals surface area contributed by atoms with Crippen molar-refractivity contribution in [3.8, 4) is 5.75 Å². The van der Waals surface area contributed by atoms with Crippen LogP contribution in [0.1, 0.15) is 60.3 Å². The molecule has 0 radical (unpaired) electrons. The van der Waals surface area contributed by atoms with E-state index in [1.165, 1.54) is 48.4 Å². The maximum Gasteiger partial charge on any atom is 0.321 e. The van der Waals surface area contributed by atoms with Gasteiger partial charge >= 0.3 is 6.03 Å². The van der Waals surface area contributed by atoms with Crippen LogP contribution in [0.15, 0.2) is 65.6 Å². The van der Waals surface area contributed by atoms with Gasteiger partial charge in [-0.3, -0.25) is 9.59 Å². The van der Waals surface area contributed by atoms with Crippen molar-refractivity contribution in [2.24, 2.45) is 5.73 Å². The second-order valence-electron chi connectivity index (χ2n) is 11.3. The predicted octanol–water partition coefficient (Wildman–Crippen LogP) is 4.73. The number of carbonyl (C=O) groups excluding carboxylic acids is 3. The average molecular weight is 640 g/mol. The Morgan fingerprint density at radius 3 is 2.42 bits per heavy atom. The first-order valence-corrected chi connectivity index (χ1v) is 16.0. The number of carbonyl (C=O) groups is 3.